The number of hydrogen-bond acceptors (Lipinski definition) is 3. The Kier molecular flexibility index (Phi) is 4.39. The number of ether oxygens (including phenoxy) is 1. The second-order valence-electron chi connectivity index (χ2n) is 4.54. The van der Waals surface area contributed by atoms with Gasteiger partial charge in [-0.15, -0.1) is 11.3 Å². The van der Waals surface area contributed by atoms with E-state index in [1.54, 1.807) is 11.3 Å². The lowest BCUT2D eigenvalue weighted by molar-refractivity contribution is 0.242. The van der Waals surface area contributed by atoms with E-state index >= 15 is 0 Å². The standard InChI is InChI=1S/C15H19NOS/c1-11(2)17-14-6-4-13(5-7-14)15-8-12(9-16-3)10-18-15/h4-8,10-11,16H,9H2,1-3H3. The van der Waals surface area contributed by atoms with E-state index in [1.165, 1.54) is 16.0 Å². The first-order valence-corrected chi connectivity index (χ1v) is 7.06. The fourth-order valence-corrected chi connectivity index (χ4v) is 2.72. The van der Waals surface area contributed by atoms with Crippen molar-refractivity contribution in [1.82, 2.24) is 5.32 Å². The molecule has 0 aliphatic carbocycles. The second kappa shape index (κ2) is 6.03. The molecule has 0 aliphatic heterocycles. The average molecular weight is 261 g/mol. The smallest absolute Gasteiger partial charge is 0.119 e. The maximum absolute atomic E-state index is 5.64. The fraction of sp³-hybridized carbons (Fsp3) is 0.333. The topological polar surface area (TPSA) is 21.3 Å². The molecule has 2 aromatic rings. The van der Waals surface area contributed by atoms with E-state index in [1.807, 2.05) is 33.0 Å². The summed E-state index contributed by atoms with van der Waals surface area (Å²) in [6, 6.07) is 10.5. The molecule has 0 unspecified atom stereocenters. The Balaban J connectivity index is 2.12. The van der Waals surface area contributed by atoms with Crippen LogP contribution in [-0.4, -0.2) is 13.2 Å². The van der Waals surface area contributed by atoms with E-state index < -0.39 is 0 Å². The van der Waals surface area contributed by atoms with Crippen molar-refractivity contribution in [3.05, 3.63) is 41.3 Å². The van der Waals surface area contributed by atoms with E-state index in [0.717, 1.165) is 12.3 Å². The summed E-state index contributed by atoms with van der Waals surface area (Å²) in [5.41, 5.74) is 2.58. The van der Waals surface area contributed by atoms with Crippen LogP contribution in [0.25, 0.3) is 10.4 Å². The third-order valence-electron chi connectivity index (χ3n) is 2.55. The zero-order chi connectivity index (χ0) is 13.0. The molecular formula is C15H19NOS. The highest BCUT2D eigenvalue weighted by Gasteiger charge is 2.03. The molecule has 1 aromatic heterocycles. The highest BCUT2D eigenvalue weighted by Crippen LogP contribution is 2.28. The summed E-state index contributed by atoms with van der Waals surface area (Å²) in [5, 5.41) is 5.36. The lowest BCUT2D eigenvalue weighted by Crippen LogP contribution is -2.05. The summed E-state index contributed by atoms with van der Waals surface area (Å²) in [4.78, 5) is 1.30. The summed E-state index contributed by atoms with van der Waals surface area (Å²) in [7, 11) is 1.97. The number of benzene rings is 1. The van der Waals surface area contributed by atoms with Crippen LogP contribution in [0.3, 0.4) is 0 Å². The first kappa shape index (κ1) is 13.1. The van der Waals surface area contributed by atoms with Crippen LogP contribution in [0, 0.1) is 0 Å². The van der Waals surface area contributed by atoms with Gasteiger partial charge in [0.1, 0.15) is 5.75 Å². The largest absolute Gasteiger partial charge is 0.491 e. The Hall–Kier alpha value is -1.32. The van der Waals surface area contributed by atoms with E-state index in [0.29, 0.717) is 0 Å². The normalized spacial score (nSPS) is 10.9. The summed E-state index contributed by atoms with van der Waals surface area (Å²) in [5.74, 6) is 0.931. The van der Waals surface area contributed by atoms with Crippen LogP contribution in [0.2, 0.25) is 0 Å². The molecule has 1 N–H and O–H groups in total. The highest BCUT2D eigenvalue weighted by molar-refractivity contribution is 7.13. The van der Waals surface area contributed by atoms with Crippen molar-refractivity contribution >= 4 is 11.3 Å². The van der Waals surface area contributed by atoms with Gasteiger partial charge in [-0.2, -0.15) is 0 Å². The van der Waals surface area contributed by atoms with Crippen LogP contribution in [-0.2, 0) is 6.54 Å². The zero-order valence-electron chi connectivity index (χ0n) is 11.1. The van der Waals surface area contributed by atoms with Crippen LogP contribution in [0.15, 0.2) is 35.7 Å². The SMILES string of the molecule is CNCc1csc(-c2ccc(OC(C)C)cc2)c1. The molecule has 1 aromatic carbocycles. The number of hydrogen-bond donors (Lipinski definition) is 1. The molecule has 3 heteroatoms. The van der Waals surface area contributed by atoms with Crippen LogP contribution in [0.1, 0.15) is 19.4 Å². The summed E-state index contributed by atoms with van der Waals surface area (Å²) >= 11 is 1.78. The van der Waals surface area contributed by atoms with Gasteiger partial charge in [0.05, 0.1) is 6.10 Å². The molecule has 0 fully saturated rings. The van der Waals surface area contributed by atoms with Crippen LogP contribution in [0.5, 0.6) is 5.75 Å². The van der Waals surface area contributed by atoms with Gasteiger partial charge in [0.25, 0.3) is 0 Å². The molecule has 96 valence electrons. The maximum atomic E-state index is 5.64. The van der Waals surface area contributed by atoms with Gasteiger partial charge in [0.2, 0.25) is 0 Å². The average Bonchev–Trinajstić information content (AvgIpc) is 2.78. The fourth-order valence-electron chi connectivity index (χ4n) is 1.79. The van der Waals surface area contributed by atoms with Crippen molar-refractivity contribution in [2.24, 2.45) is 0 Å². The minimum absolute atomic E-state index is 0.222. The molecule has 0 saturated carbocycles. The molecule has 0 radical (unpaired) electrons. The predicted molar refractivity (Wildman–Crippen MR) is 78.3 cm³/mol. The van der Waals surface area contributed by atoms with Crippen molar-refractivity contribution in [3.8, 4) is 16.2 Å². The van der Waals surface area contributed by atoms with Crippen molar-refractivity contribution in [2.75, 3.05) is 7.05 Å². The lowest BCUT2D eigenvalue weighted by Gasteiger charge is -2.09. The Morgan fingerprint density at radius 2 is 1.94 bits per heavy atom. The molecule has 0 saturated heterocycles. The lowest BCUT2D eigenvalue weighted by atomic mass is 10.1. The highest BCUT2D eigenvalue weighted by atomic mass is 32.1. The molecule has 0 spiro atoms. The zero-order valence-corrected chi connectivity index (χ0v) is 11.9. The first-order chi connectivity index (χ1) is 8.69. The quantitative estimate of drug-likeness (QED) is 0.880. The van der Waals surface area contributed by atoms with E-state index in [4.69, 9.17) is 4.74 Å². The number of thiophene rings is 1. The molecule has 1 heterocycles. The Morgan fingerprint density at radius 1 is 1.22 bits per heavy atom. The van der Waals surface area contributed by atoms with Gasteiger partial charge in [-0.1, -0.05) is 0 Å². The van der Waals surface area contributed by atoms with Crippen LogP contribution in [0.4, 0.5) is 0 Å². The van der Waals surface area contributed by atoms with Gasteiger partial charge < -0.3 is 10.1 Å². The van der Waals surface area contributed by atoms with Gasteiger partial charge >= 0.3 is 0 Å². The molecule has 2 rings (SSSR count). The first-order valence-electron chi connectivity index (χ1n) is 6.18. The number of rotatable bonds is 5. The Labute approximate surface area is 113 Å². The minimum Gasteiger partial charge on any atom is -0.491 e. The molecule has 0 atom stereocenters. The van der Waals surface area contributed by atoms with Crippen molar-refractivity contribution in [1.29, 1.82) is 0 Å². The molecule has 0 bridgehead atoms. The third kappa shape index (κ3) is 3.34. The summed E-state index contributed by atoms with van der Waals surface area (Å²) in [6.07, 6.45) is 0.222. The van der Waals surface area contributed by atoms with E-state index in [9.17, 15) is 0 Å². The summed E-state index contributed by atoms with van der Waals surface area (Å²) in [6.45, 7) is 5.00. The molecule has 2 nitrogen and oxygen atoms in total. The Bertz CT molecular complexity index is 487. The van der Waals surface area contributed by atoms with Gasteiger partial charge in [-0.3, -0.25) is 0 Å². The van der Waals surface area contributed by atoms with Crippen molar-refractivity contribution in [3.63, 3.8) is 0 Å². The second-order valence-corrected chi connectivity index (χ2v) is 5.45. The van der Waals surface area contributed by atoms with Crippen LogP contribution >= 0.6 is 11.3 Å². The molecular weight excluding hydrogens is 242 g/mol. The van der Waals surface area contributed by atoms with Gasteiger partial charge in [-0.05, 0) is 67.7 Å². The van der Waals surface area contributed by atoms with Crippen molar-refractivity contribution in [2.45, 2.75) is 26.5 Å². The van der Waals surface area contributed by atoms with Gasteiger partial charge in [0, 0.05) is 11.4 Å². The minimum atomic E-state index is 0.222. The Morgan fingerprint density at radius 3 is 2.56 bits per heavy atom. The van der Waals surface area contributed by atoms with Crippen molar-refractivity contribution < 1.29 is 4.74 Å². The van der Waals surface area contributed by atoms with E-state index in [-0.39, 0.29) is 6.10 Å². The van der Waals surface area contributed by atoms with Gasteiger partial charge in [0.15, 0.2) is 0 Å². The summed E-state index contributed by atoms with van der Waals surface area (Å²) < 4.78 is 5.64. The van der Waals surface area contributed by atoms with E-state index in [2.05, 4.69) is 28.9 Å². The predicted octanol–water partition coefficient (Wildman–Crippen LogP) is 3.92. The monoisotopic (exact) mass is 261 g/mol. The van der Waals surface area contributed by atoms with Gasteiger partial charge in [-0.25, -0.2) is 0 Å². The maximum Gasteiger partial charge on any atom is 0.119 e. The molecule has 0 aliphatic rings. The molecule has 0 amide bonds. The van der Waals surface area contributed by atoms with Crippen LogP contribution < -0.4 is 10.1 Å². The third-order valence-corrected chi connectivity index (χ3v) is 3.57. The molecule has 18 heavy (non-hydrogen) atoms. The number of nitrogens with one attached hydrogen (secondary N) is 1.